The van der Waals surface area contributed by atoms with Crippen LogP contribution in [0.1, 0.15) is 158 Å². The minimum absolute atomic E-state index is 0.0402. The molecule has 2 aliphatic heterocycles. The molecule has 3 N–H and O–H groups in total. The predicted octanol–water partition coefficient (Wildman–Crippen LogP) is 18.3. The van der Waals surface area contributed by atoms with Crippen LogP contribution in [0.4, 0.5) is 0 Å². The van der Waals surface area contributed by atoms with Gasteiger partial charge in [-0.05, 0) is 248 Å². The number of hydrogen-bond donors (Lipinski definition) is 3. The first kappa shape index (κ1) is 81.7. The molecule has 107 heavy (non-hydrogen) atoms. The van der Waals surface area contributed by atoms with Crippen LogP contribution in [-0.4, -0.2) is 60.9 Å². The van der Waals surface area contributed by atoms with Crippen molar-refractivity contribution in [3.63, 3.8) is 0 Å². The summed E-state index contributed by atoms with van der Waals surface area (Å²) in [5, 5.41) is 51.3. The molecule has 8 aromatic carbocycles. The number of phenolic OH excluding ortho intramolecular Hbond substituents is 1. The number of esters is 1. The number of fused-ring (bicyclic) bond motifs is 4. The molecule has 6 atom stereocenters. The molecule has 2 unspecified atom stereocenters. The first-order chi connectivity index (χ1) is 50.9. The zero-order valence-electron chi connectivity index (χ0n) is 61.8. The maximum absolute atomic E-state index is 13.3. The first-order valence-corrected chi connectivity index (χ1v) is 38.2. The highest BCUT2D eigenvalue weighted by Crippen LogP contribution is 2.55. The van der Waals surface area contributed by atoms with Crippen molar-refractivity contribution in [2.45, 2.75) is 145 Å². The van der Waals surface area contributed by atoms with Gasteiger partial charge in [0, 0.05) is 61.5 Å². The molecule has 0 radical (unpaired) electrons. The number of phenols is 1. The third kappa shape index (κ3) is 20.1. The van der Waals surface area contributed by atoms with Gasteiger partial charge in [-0.25, -0.2) is 9.79 Å². The number of ether oxygens (including phenoxy) is 2. The van der Waals surface area contributed by atoms with Gasteiger partial charge in [0.25, 0.3) is 5.56 Å². The molecule has 3 heterocycles. The Balaban J connectivity index is 0.000000160. The summed E-state index contributed by atoms with van der Waals surface area (Å²) in [7, 11) is 0. The van der Waals surface area contributed by atoms with E-state index in [0.717, 1.165) is 115 Å². The molecule has 14 nitrogen and oxygen atoms in total. The Bertz CT molecular complexity index is 5350. The topological polar surface area (TPSA) is 220 Å². The summed E-state index contributed by atoms with van der Waals surface area (Å²) in [6.45, 7) is 26.4. The van der Waals surface area contributed by atoms with Crippen LogP contribution < -0.4 is 30.1 Å². The SMILES string of the molecule is C=c1cc2c(cc1C)=C(c1ccccc1C(C)=O)c1cc(C)c(C)cc1O2.CC(C#N)=NCc1ccc(C)cc1.CC(C#N)=NCc1cccc(Cl)c1.CC1=C(C)C(c2ccc(Cl)cc2)n2c(s/c(=C/c3cc(Br)c(O)c(Br)c3)c2=O)=N1.C[C@@]12CCCCC1[C@@](C)(OC(=O)/C=C/c1ccccc1)[C@H](O)C[C@H]2O. The summed E-state index contributed by atoms with van der Waals surface area (Å²) in [4.78, 5) is 51.5. The number of carbonyl (C=O) groups excluding carboxylic acids is 2. The van der Waals surface area contributed by atoms with Gasteiger partial charge >= 0.3 is 5.97 Å². The van der Waals surface area contributed by atoms with Crippen LogP contribution in [0, 0.1) is 61.7 Å². The molecule has 19 heteroatoms. The molecule has 9 aromatic rings. The molecule has 0 spiro atoms. The molecule has 0 bridgehead atoms. The van der Waals surface area contributed by atoms with Crippen LogP contribution >= 0.6 is 66.4 Å². The minimum Gasteiger partial charge on any atom is -0.506 e. The van der Waals surface area contributed by atoms with Gasteiger partial charge in [-0.3, -0.25) is 24.1 Å². The van der Waals surface area contributed by atoms with E-state index in [1.807, 2.05) is 186 Å². The maximum atomic E-state index is 13.3. The minimum atomic E-state index is -0.966. The lowest BCUT2D eigenvalue weighted by atomic mass is 9.53. The number of aryl methyl sites for hydroxylation is 4. The van der Waals surface area contributed by atoms with Gasteiger partial charge in [0.15, 0.2) is 10.6 Å². The number of ketones is 1. The lowest BCUT2D eigenvalue weighted by Gasteiger charge is -2.57. The maximum Gasteiger partial charge on any atom is 0.331 e. The normalized spacial score (nSPS) is 19.2. The van der Waals surface area contributed by atoms with E-state index < -0.39 is 23.8 Å². The van der Waals surface area contributed by atoms with E-state index in [-0.39, 0.29) is 40.9 Å². The van der Waals surface area contributed by atoms with Crippen molar-refractivity contribution in [2.24, 2.45) is 26.3 Å². The Morgan fingerprint density at radius 2 is 1.36 bits per heavy atom. The van der Waals surface area contributed by atoms with E-state index >= 15 is 0 Å². The van der Waals surface area contributed by atoms with Crippen molar-refractivity contribution in [1.29, 1.82) is 10.5 Å². The quantitative estimate of drug-likeness (QED) is 0.0481. The predicted molar refractivity (Wildman–Crippen MR) is 439 cm³/mol. The number of halogens is 4. The van der Waals surface area contributed by atoms with Gasteiger partial charge in [-0.15, -0.1) is 0 Å². The highest BCUT2D eigenvalue weighted by Gasteiger charge is 2.60. The molecule has 2 saturated carbocycles. The fraction of sp³-hybridized carbons (Fsp3) is 0.273. The van der Waals surface area contributed by atoms with E-state index in [0.29, 0.717) is 52.8 Å². The van der Waals surface area contributed by atoms with Crippen molar-refractivity contribution < 1.29 is 34.4 Å². The van der Waals surface area contributed by atoms with Crippen LogP contribution in [0.5, 0.6) is 17.2 Å². The van der Waals surface area contributed by atoms with Crippen molar-refractivity contribution in [2.75, 3.05) is 0 Å². The van der Waals surface area contributed by atoms with Crippen LogP contribution in [0.25, 0.3) is 24.3 Å². The second-order valence-electron chi connectivity index (χ2n) is 27.6. The number of Topliss-reactive ketones (excluding diaryl/α,β-unsaturated/α-hetero) is 1. The number of nitriles is 2. The number of aromatic hydroxyl groups is 1. The molecular weight excluding hydrogens is 1530 g/mol. The second-order valence-corrected chi connectivity index (χ2v) is 31.2. The summed E-state index contributed by atoms with van der Waals surface area (Å²) >= 11 is 19.8. The van der Waals surface area contributed by atoms with Crippen LogP contribution in [-0.2, 0) is 22.6 Å². The number of benzene rings is 8. The lowest BCUT2D eigenvalue weighted by molar-refractivity contribution is -0.232. The number of thiazole rings is 1. The average molecular weight is 1620 g/mol. The number of aliphatic hydroxyl groups is 2. The summed E-state index contributed by atoms with van der Waals surface area (Å²) in [5.41, 5.74) is 14.9. The Hall–Kier alpha value is -9.40. The number of hydrogen-bond acceptors (Lipinski definition) is 14. The third-order valence-electron chi connectivity index (χ3n) is 19.9. The largest absolute Gasteiger partial charge is 0.506 e. The van der Waals surface area contributed by atoms with E-state index in [9.17, 15) is 29.7 Å². The van der Waals surface area contributed by atoms with Gasteiger partial charge in [0.2, 0.25) is 0 Å². The number of aliphatic imine (C=N–C) groups is 2. The van der Waals surface area contributed by atoms with E-state index in [2.05, 4.69) is 92.4 Å². The zero-order valence-corrected chi connectivity index (χ0v) is 67.3. The zero-order chi connectivity index (χ0) is 77.6. The summed E-state index contributed by atoms with van der Waals surface area (Å²) in [5.74, 6) is 1.30. The van der Waals surface area contributed by atoms with Crippen molar-refractivity contribution in [3.8, 4) is 29.4 Å². The van der Waals surface area contributed by atoms with Gasteiger partial charge < -0.3 is 24.8 Å². The number of nitrogens with zero attached hydrogens (tertiary/aromatic N) is 6. The standard InChI is InChI=1S/C25H22O2.C21H15Br2ClN2O2S.C21H28O4.C11H12N2.C10H9ClN2/c1-14-10-21-23(12-16(14)3)27-24-13-17(4)15(2)11-22(24)25(21)20-9-7-6-8-19(20)18(5)26;1-10-11(2)25-21-26(18(10)13-3-5-14(24)6-4-13)20(28)17(29-21)9-12-7-15(22)19(27)16(23)8-12;1-20-13-7-6-10-16(20)21(2,18(23)14-17(20)22)25-19(24)12-11-15-8-4-3-5-9-15;1-9-3-5-11(6-4-9)8-13-10(2)7-12;1-8(6-12)13-7-9-3-2-4-10(11)5-9/h6-13H,3H2,1-2,4-5H3;3-9,18,27H,1-2H3;3-5,8-9,11-12,16-18,22-23H,6-7,10,13-14H2,1-2H3;3-6H,8H2,1-2H3;2-5H,7H2,1H3/b;17-9+;12-11+;;/t;;16?,17-,18-,20-,21-;;/m..1../s1. The van der Waals surface area contributed by atoms with Gasteiger partial charge in [-0.1, -0.05) is 170 Å². The van der Waals surface area contributed by atoms with E-state index in [1.54, 1.807) is 43.5 Å². The molecule has 0 amide bonds. The van der Waals surface area contributed by atoms with Gasteiger partial charge in [0.1, 0.15) is 46.4 Å². The van der Waals surface area contributed by atoms with Gasteiger partial charge in [-0.2, -0.15) is 10.5 Å². The second kappa shape index (κ2) is 36.5. The van der Waals surface area contributed by atoms with Crippen molar-refractivity contribution in [3.05, 3.63) is 297 Å². The molecule has 4 aliphatic rings. The van der Waals surface area contributed by atoms with Crippen molar-refractivity contribution >= 4 is 114 Å². The van der Waals surface area contributed by atoms with E-state index in [4.69, 9.17) is 43.2 Å². The number of rotatable bonds is 11. The first-order valence-electron chi connectivity index (χ1n) is 35.0. The number of aliphatic hydroxyl groups excluding tert-OH is 2. The Labute approximate surface area is 656 Å². The van der Waals surface area contributed by atoms with Crippen molar-refractivity contribution in [1.82, 2.24) is 4.57 Å². The number of carbonyl (C=O) groups is 2. The Morgan fingerprint density at radius 3 is 2.01 bits per heavy atom. The molecule has 2 aliphatic carbocycles. The molecule has 2 fully saturated rings. The van der Waals surface area contributed by atoms with E-state index in [1.165, 1.54) is 34.1 Å². The lowest BCUT2D eigenvalue weighted by Crippen LogP contribution is -2.64. The summed E-state index contributed by atoms with van der Waals surface area (Å²) in [6.07, 6.45) is 7.65. The van der Waals surface area contributed by atoms with Crippen LogP contribution in [0.3, 0.4) is 0 Å². The molecule has 13 rings (SSSR count). The third-order valence-corrected chi connectivity index (χ3v) is 22.6. The Kier molecular flexibility index (Phi) is 27.8. The molecule has 550 valence electrons. The van der Waals surface area contributed by atoms with Crippen LogP contribution in [0.2, 0.25) is 10.0 Å². The highest BCUT2D eigenvalue weighted by molar-refractivity contribution is 9.11. The summed E-state index contributed by atoms with van der Waals surface area (Å²) < 4.78 is 15.5. The summed E-state index contributed by atoms with van der Waals surface area (Å²) in [6, 6.07) is 56.2. The molecule has 1 aromatic heterocycles. The monoisotopic (exact) mass is 1610 g/mol. The highest BCUT2D eigenvalue weighted by atomic mass is 79.9. The fourth-order valence-electron chi connectivity index (χ4n) is 13.5. The number of allylic oxidation sites excluding steroid dienone is 2. The molecule has 0 saturated heterocycles. The smallest absolute Gasteiger partial charge is 0.331 e. The van der Waals surface area contributed by atoms with Crippen LogP contribution in [0.15, 0.2) is 210 Å². The van der Waals surface area contributed by atoms with Gasteiger partial charge in [0.05, 0.1) is 44.8 Å². The Morgan fingerprint density at radius 1 is 0.729 bits per heavy atom. The average Bonchev–Trinajstić information content (AvgIpc) is 1.56. The fourth-order valence-corrected chi connectivity index (χ4v) is 16.1. The number of aromatic nitrogens is 1. The molecular formula is C88H86Br2Cl2N6O8S.